The lowest BCUT2D eigenvalue weighted by molar-refractivity contribution is 0.102. The van der Waals surface area contributed by atoms with Crippen LogP contribution in [0.1, 0.15) is 10.5 Å². The molecule has 0 saturated carbocycles. The fourth-order valence-corrected chi connectivity index (χ4v) is 2.15. The Kier molecular flexibility index (Phi) is 4.67. The molecule has 0 unspecified atom stereocenters. The van der Waals surface area contributed by atoms with E-state index >= 15 is 0 Å². The maximum atomic E-state index is 12.8. The Morgan fingerprint density at radius 2 is 1.75 bits per heavy atom. The zero-order valence-corrected chi connectivity index (χ0v) is 13.1. The van der Waals surface area contributed by atoms with Crippen LogP contribution in [-0.4, -0.2) is 16.1 Å². The highest BCUT2D eigenvalue weighted by atomic mass is 35.5. The summed E-state index contributed by atoms with van der Waals surface area (Å²) in [5, 5.41) is 14.1. The average molecular weight is 343 g/mol. The van der Waals surface area contributed by atoms with Crippen molar-refractivity contribution >= 4 is 34.7 Å². The fourth-order valence-electron chi connectivity index (χ4n) is 1.96. The number of benzene rings is 2. The third kappa shape index (κ3) is 4.05. The zero-order valence-electron chi connectivity index (χ0n) is 12.3. The molecule has 3 rings (SSSR count). The van der Waals surface area contributed by atoms with Crippen molar-refractivity contribution in [2.75, 3.05) is 10.6 Å². The molecule has 0 atom stereocenters. The summed E-state index contributed by atoms with van der Waals surface area (Å²) in [6.07, 6.45) is 0. The standard InChI is InChI=1S/C17H12ClFN4O/c18-11-2-1-3-14(10-11)20-16-9-8-15(22-23-16)17(24)21-13-6-4-12(19)5-7-13/h1-10H,(H,20,23)(H,21,24). The normalized spacial score (nSPS) is 10.2. The van der Waals surface area contributed by atoms with E-state index in [0.717, 1.165) is 5.69 Å². The topological polar surface area (TPSA) is 66.9 Å². The maximum Gasteiger partial charge on any atom is 0.276 e. The summed E-state index contributed by atoms with van der Waals surface area (Å²) >= 11 is 5.91. The lowest BCUT2D eigenvalue weighted by atomic mass is 10.3. The number of hydrogen-bond acceptors (Lipinski definition) is 4. The summed E-state index contributed by atoms with van der Waals surface area (Å²) < 4.78 is 12.8. The van der Waals surface area contributed by atoms with E-state index in [2.05, 4.69) is 20.8 Å². The number of halogens is 2. The Labute approximate surface area is 142 Å². The van der Waals surface area contributed by atoms with E-state index in [1.54, 1.807) is 24.3 Å². The van der Waals surface area contributed by atoms with E-state index < -0.39 is 5.91 Å². The lowest BCUT2D eigenvalue weighted by Crippen LogP contribution is -2.14. The van der Waals surface area contributed by atoms with Gasteiger partial charge in [0.15, 0.2) is 11.5 Å². The van der Waals surface area contributed by atoms with Gasteiger partial charge in [-0.2, -0.15) is 0 Å². The van der Waals surface area contributed by atoms with Crippen molar-refractivity contribution in [1.82, 2.24) is 10.2 Å². The molecule has 0 aliphatic heterocycles. The van der Waals surface area contributed by atoms with Gasteiger partial charge in [-0.3, -0.25) is 4.79 Å². The smallest absolute Gasteiger partial charge is 0.276 e. The average Bonchev–Trinajstić information content (AvgIpc) is 2.57. The quantitative estimate of drug-likeness (QED) is 0.743. The predicted octanol–water partition coefficient (Wildman–Crippen LogP) is 4.27. The van der Waals surface area contributed by atoms with E-state index in [4.69, 9.17) is 11.6 Å². The number of anilines is 3. The molecule has 0 saturated heterocycles. The van der Waals surface area contributed by atoms with E-state index in [0.29, 0.717) is 16.5 Å². The van der Waals surface area contributed by atoms with Crippen LogP contribution in [0, 0.1) is 5.82 Å². The Morgan fingerprint density at radius 1 is 0.958 bits per heavy atom. The molecule has 0 aliphatic carbocycles. The van der Waals surface area contributed by atoms with Crippen LogP contribution in [0.2, 0.25) is 5.02 Å². The van der Waals surface area contributed by atoms with Gasteiger partial charge >= 0.3 is 0 Å². The van der Waals surface area contributed by atoms with Gasteiger partial charge in [-0.05, 0) is 54.6 Å². The Morgan fingerprint density at radius 3 is 2.42 bits per heavy atom. The molecule has 2 N–H and O–H groups in total. The Hall–Kier alpha value is -2.99. The highest BCUT2D eigenvalue weighted by Crippen LogP contribution is 2.18. The van der Waals surface area contributed by atoms with Crippen LogP contribution in [0.5, 0.6) is 0 Å². The first-order valence-corrected chi connectivity index (χ1v) is 7.41. The van der Waals surface area contributed by atoms with Crippen molar-refractivity contribution in [2.24, 2.45) is 0 Å². The number of amides is 1. The highest BCUT2D eigenvalue weighted by molar-refractivity contribution is 6.30. The van der Waals surface area contributed by atoms with Crippen molar-refractivity contribution in [3.8, 4) is 0 Å². The van der Waals surface area contributed by atoms with Crippen molar-refractivity contribution in [2.45, 2.75) is 0 Å². The molecular weight excluding hydrogens is 331 g/mol. The molecule has 3 aromatic rings. The van der Waals surface area contributed by atoms with E-state index in [1.165, 1.54) is 24.3 Å². The van der Waals surface area contributed by atoms with Crippen LogP contribution in [-0.2, 0) is 0 Å². The number of carbonyl (C=O) groups excluding carboxylic acids is 1. The minimum absolute atomic E-state index is 0.149. The molecule has 5 nitrogen and oxygen atoms in total. The minimum Gasteiger partial charge on any atom is -0.339 e. The van der Waals surface area contributed by atoms with Gasteiger partial charge in [-0.15, -0.1) is 10.2 Å². The molecule has 7 heteroatoms. The Bertz CT molecular complexity index is 853. The third-order valence-corrected chi connectivity index (χ3v) is 3.33. The molecule has 0 aliphatic rings. The van der Waals surface area contributed by atoms with Gasteiger partial charge in [0.2, 0.25) is 0 Å². The van der Waals surface area contributed by atoms with Gasteiger partial charge in [-0.25, -0.2) is 4.39 Å². The molecule has 0 bridgehead atoms. The molecule has 1 amide bonds. The zero-order chi connectivity index (χ0) is 16.9. The largest absolute Gasteiger partial charge is 0.339 e. The monoisotopic (exact) mass is 342 g/mol. The van der Waals surface area contributed by atoms with Crippen LogP contribution >= 0.6 is 11.6 Å². The second-order valence-electron chi connectivity index (χ2n) is 4.90. The summed E-state index contributed by atoms with van der Waals surface area (Å²) in [6.45, 7) is 0. The number of aromatic nitrogens is 2. The van der Waals surface area contributed by atoms with Crippen LogP contribution in [0.15, 0.2) is 60.7 Å². The van der Waals surface area contributed by atoms with E-state index in [-0.39, 0.29) is 11.5 Å². The van der Waals surface area contributed by atoms with Gasteiger partial charge < -0.3 is 10.6 Å². The summed E-state index contributed by atoms with van der Waals surface area (Å²) in [7, 11) is 0. The first-order valence-electron chi connectivity index (χ1n) is 7.03. The predicted molar refractivity (Wildman–Crippen MR) is 91.1 cm³/mol. The van der Waals surface area contributed by atoms with Crippen molar-refractivity contribution in [3.63, 3.8) is 0 Å². The van der Waals surface area contributed by atoms with Crippen LogP contribution in [0.25, 0.3) is 0 Å². The molecule has 0 fully saturated rings. The molecular formula is C17H12ClFN4O. The first-order chi connectivity index (χ1) is 11.6. The number of hydrogen-bond donors (Lipinski definition) is 2. The second kappa shape index (κ2) is 7.06. The fraction of sp³-hybridized carbons (Fsp3) is 0. The van der Waals surface area contributed by atoms with E-state index in [9.17, 15) is 9.18 Å². The Balaban J connectivity index is 1.67. The summed E-state index contributed by atoms with van der Waals surface area (Å²) in [5.41, 5.74) is 1.39. The minimum atomic E-state index is -0.427. The van der Waals surface area contributed by atoms with Gasteiger partial charge in [0.25, 0.3) is 5.91 Å². The molecule has 120 valence electrons. The van der Waals surface area contributed by atoms with Crippen molar-refractivity contribution in [1.29, 1.82) is 0 Å². The number of rotatable bonds is 4. The van der Waals surface area contributed by atoms with Gasteiger partial charge in [0, 0.05) is 16.4 Å². The maximum absolute atomic E-state index is 12.8. The van der Waals surface area contributed by atoms with Crippen LogP contribution in [0.4, 0.5) is 21.6 Å². The van der Waals surface area contributed by atoms with Gasteiger partial charge in [-0.1, -0.05) is 17.7 Å². The summed E-state index contributed by atoms with van der Waals surface area (Å²) in [4.78, 5) is 12.1. The van der Waals surface area contributed by atoms with Crippen LogP contribution < -0.4 is 10.6 Å². The molecule has 1 heterocycles. The molecule has 0 radical (unpaired) electrons. The number of nitrogens with zero attached hydrogens (tertiary/aromatic N) is 2. The third-order valence-electron chi connectivity index (χ3n) is 3.10. The molecule has 1 aromatic heterocycles. The molecule has 2 aromatic carbocycles. The van der Waals surface area contributed by atoms with Crippen LogP contribution in [0.3, 0.4) is 0 Å². The van der Waals surface area contributed by atoms with Gasteiger partial charge in [0.05, 0.1) is 0 Å². The van der Waals surface area contributed by atoms with Gasteiger partial charge in [0.1, 0.15) is 5.82 Å². The van der Waals surface area contributed by atoms with Crippen molar-refractivity contribution < 1.29 is 9.18 Å². The summed E-state index contributed by atoms with van der Waals surface area (Å²) in [6, 6.07) is 15.8. The summed E-state index contributed by atoms with van der Waals surface area (Å²) in [5.74, 6) is -0.316. The molecule has 0 spiro atoms. The lowest BCUT2D eigenvalue weighted by Gasteiger charge is -2.07. The number of nitrogens with one attached hydrogen (secondary N) is 2. The highest BCUT2D eigenvalue weighted by Gasteiger charge is 2.09. The second-order valence-corrected chi connectivity index (χ2v) is 5.34. The van der Waals surface area contributed by atoms with Crippen molar-refractivity contribution in [3.05, 3.63) is 77.2 Å². The molecule has 24 heavy (non-hydrogen) atoms. The SMILES string of the molecule is O=C(Nc1ccc(F)cc1)c1ccc(Nc2cccc(Cl)c2)nn1. The first kappa shape index (κ1) is 15.9. The number of carbonyl (C=O) groups is 1. The van der Waals surface area contributed by atoms with E-state index in [1.807, 2.05) is 12.1 Å².